The highest BCUT2D eigenvalue weighted by Crippen LogP contribution is 2.34. The Morgan fingerprint density at radius 3 is 1.10 bits per heavy atom. The number of nitrogens with zero attached hydrogens (tertiary/aromatic N) is 2. The largest absolute Gasteiger partial charge is 0.395 e. The summed E-state index contributed by atoms with van der Waals surface area (Å²) in [4.78, 5) is 3.43. The van der Waals surface area contributed by atoms with Crippen molar-refractivity contribution in [3.05, 3.63) is 0 Å². The van der Waals surface area contributed by atoms with Gasteiger partial charge in [0, 0.05) is 26.2 Å². The van der Waals surface area contributed by atoms with Crippen molar-refractivity contribution in [1.82, 2.24) is 9.80 Å². The first-order chi connectivity index (χ1) is 14.0. The summed E-state index contributed by atoms with van der Waals surface area (Å²) >= 11 is 0. The van der Waals surface area contributed by atoms with Gasteiger partial charge >= 0.3 is 0 Å². The van der Waals surface area contributed by atoms with Gasteiger partial charge in [-0.25, -0.2) is 0 Å². The van der Waals surface area contributed by atoms with Crippen LogP contribution in [-0.2, 0) is 4.74 Å². The lowest BCUT2D eigenvalue weighted by Crippen LogP contribution is -2.65. The Morgan fingerprint density at radius 1 is 0.586 bits per heavy atom. The van der Waals surface area contributed by atoms with Crippen LogP contribution < -0.4 is 0 Å². The summed E-state index contributed by atoms with van der Waals surface area (Å²) < 4.78 is 6.57. The monoisotopic (exact) mass is 424 g/mol. The zero-order valence-electron chi connectivity index (χ0n) is 18.3. The lowest BCUT2D eigenvalue weighted by atomic mass is 9.99. The van der Waals surface area contributed by atoms with Crippen LogP contribution in [0.15, 0.2) is 0 Å². The fourth-order valence-electron chi connectivity index (χ4n) is 3.75. The van der Waals surface area contributed by atoms with Crippen LogP contribution in [0, 0.1) is 0 Å². The zero-order valence-corrected chi connectivity index (χ0v) is 18.3. The Balaban J connectivity index is 6.20. The van der Waals surface area contributed by atoms with E-state index in [0.717, 1.165) is 25.7 Å². The van der Waals surface area contributed by atoms with Crippen molar-refractivity contribution < 1.29 is 35.4 Å². The van der Waals surface area contributed by atoms with Crippen LogP contribution in [0.1, 0.15) is 52.4 Å². The van der Waals surface area contributed by atoms with Gasteiger partial charge < -0.3 is 35.4 Å². The van der Waals surface area contributed by atoms with Crippen molar-refractivity contribution in [3.8, 4) is 0 Å². The highest BCUT2D eigenvalue weighted by molar-refractivity contribution is 4.90. The van der Waals surface area contributed by atoms with E-state index in [1.807, 2.05) is 13.8 Å². The minimum absolute atomic E-state index is 0.171. The zero-order chi connectivity index (χ0) is 22.2. The lowest BCUT2D eigenvalue weighted by Gasteiger charge is -2.52. The summed E-state index contributed by atoms with van der Waals surface area (Å²) in [5, 5.41) is 59.0. The summed E-state index contributed by atoms with van der Waals surface area (Å²) in [7, 11) is 0. The number of rotatable bonds is 20. The average molecular weight is 425 g/mol. The van der Waals surface area contributed by atoms with Crippen molar-refractivity contribution in [2.24, 2.45) is 0 Å². The molecule has 0 heterocycles. The number of unbranched alkanes of at least 4 members (excludes halogenated alkanes) is 2. The SMILES string of the molecule is CCCCC(CO)(OC(CO)(CCCC)N(CCO)CCO)N(CCO)CCO. The number of aliphatic hydroxyl groups is 6. The second kappa shape index (κ2) is 16.3. The molecule has 0 aliphatic carbocycles. The van der Waals surface area contributed by atoms with Crippen LogP contribution in [0.25, 0.3) is 0 Å². The van der Waals surface area contributed by atoms with E-state index >= 15 is 0 Å². The van der Waals surface area contributed by atoms with Crippen LogP contribution >= 0.6 is 0 Å². The first-order valence-corrected chi connectivity index (χ1v) is 10.8. The molecule has 0 saturated carbocycles. The summed E-state index contributed by atoms with van der Waals surface area (Å²) in [6.07, 6.45) is 4.08. The second-order valence-corrected chi connectivity index (χ2v) is 7.39. The molecule has 0 fully saturated rings. The van der Waals surface area contributed by atoms with Gasteiger partial charge in [0.05, 0.1) is 39.6 Å². The van der Waals surface area contributed by atoms with Crippen LogP contribution in [0.3, 0.4) is 0 Å². The molecule has 2 unspecified atom stereocenters. The van der Waals surface area contributed by atoms with Crippen LogP contribution in [0.2, 0.25) is 0 Å². The van der Waals surface area contributed by atoms with Gasteiger partial charge in [0.25, 0.3) is 0 Å². The van der Waals surface area contributed by atoms with Gasteiger partial charge in [-0.1, -0.05) is 26.7 Å². The Labute approximate surface area is 175 Å². The van der Waals surface area contributed by atoms with Gasteiger partial charge in [-0.15, -0.1) is 0 Å². The Morgan fingerprint density at radius 2 is 0.897 bits per heavy atom. The van der Waals surface area contributed by atoms with Crippen LogP contribution in [0.5, 0.6) is 0 Å². The fraction of sp³-hybridized carbons (Fsp3) is 1.00. The summed E-state index contributed by atoms with van der Waals surface area (Å²) in [5.41, 5.74) is -2.44. The molecule has 0 aromatic carbocycles. The summed E-state index contributed by atoms with van der Waals surface area (Å²) in [6, 6.07) is 0. The molecule has 9 nitrogen and oxygen atoms in total. The number of ether oxygens (including phenoxy) is 1. The Hall–Kier alpha value is -0.360. The van der Waals surface area contributed by atoms with Gasteiger partial charge in [0.15, 0.2) is 0 Å². The Kier molecular flexibility index (Phi) is 16.1. The molecule has 0 aromatic rings. The van der Waals surface area contributed by atoms with E-state index in [4.69, 9.17) is 4.74 Å². The molecule has 0 saturated heterocycles. The molecule has 29 heavy (non-hydrogen) atoms. The third-order valence-corrected chi connectivity index (χ3v) is 5.35. The van der Waals surface area contributed by atoms with Gasteiger partial charge in [-0.05, 0) is 25.7 Å². The lowest BCUT2D eigenvalue weighted by molar-refractivity contribution is -0.306. The standard InChI is InChI=1S/C20H44N2O7/c1-3-5-7-19(17-27,21(9-13-23)10-14-24)29-20(18-28,8-6-4-2)22(11-15-25)12-16-26/h23-28H,3-18H2,1-2H3. The van der Waals surface area contributed by atoms with Crippen LogP contribution in [-0.4, -0.2) is 118 Å². The maximum atomic E-state index is 10.4. The van der Waals surface area contributed by atoms with E-state index in [2.05, 4.69) is 0 Å². The highest BCUT2D eigenvalue weighted by Gasteiger charge is 2.47. The van der Waals surface area contributed by atoms with Gasteiger partial charge in [0.2, 0.25) is 0 Å². The Bertz CT molecular complexity index is 346. The van der Waals surface area contributed by atoms with Crippen molar-refractivity contribution in [1.29, 1.82) is 0 Å². The first kappa shape index (κ1) is 28.6. The number of hydrogen-bond acceptors (Lipinski definition) is 9. The fourth-order valence-corrected chi connectivity index (χ4v) is 3.75. The minimum Gasteiger partial charge on any atom is -0.395 e. The van der Waals surface area contributed by atoms with Gasteiger partial charge in [-0.2, -0.15) is 0 Å². The van der Waals surface area contributed by atoms with E-state index in [9.17, 15) is 30.6 Å². The molecular weight excluding hydrogens is 380 g/mol. The van der Waals surface area contributed by atoms with Crippen molar-refractivity contribution >= 4 is 0 Å². The first-order valence-electron chi connectivity index (χ1n) is 10.8. The van der Waals surface area contributed by atoms with Crippen molar-refractivity contribution in [2.75, 3.05) is 65.8 Å². The third-order valence-electron chi connectivity index (χ3n) is 5.35. The molecular formula is C20H44N2O7. The molecule has 0 aliphatic heterocycles. The molecule has 0 amide bonds. The maximum Gasteiger partial charge on any atom is 0.147 e. The summed E-state index contributed by atoms with van der Waals surface area (Å²) in [6.45, 7) is 3.37. The second-order valence-electron chi connectivity index (χ2n) is 7.39. The normalized spacial score (nSPS) is 16.3. The van der Waals surface area contributed by atoms with E-state index in [1.54, 1.807) is 9.80 Å². The number of aliphatic hydroxyl groups excluding tert-OH is 6. The molecule has 0 spiro atoms. The molecule has 0 bridgehead atoms. The summed E-state index contributed by atoms with van der Waals surface area (Å²) in [5.74, 6) is 0. The van der Waals surface area contributed by atoms with Crippen LogP contribution in [0.4, 0.5) is 0 Å². The predicted octanol–water partition coefficient (Wildman–Crippen LogP) is -0.666. The average Bonchev–Trinajstić information content (AvgIpc) is 2.74. The molecule has 176 valence electrons. The molecule has 9 heteroatoms. The van der Waals surface area contributed by atoms with Gasteiger partial charge in [0.1, 0.15) is 11.4 Å². The maximum absolute atomic E-state index is 10.4. The van der Waals surface area contributed by atoms with Gasteiger partial charge in [-0.3, -0.25) is 9.80 Å². The minimum atomic E-state index is -1.22. The molecule has 0 radical (unpaired) electrons. The molecule has 0 rings (SSSR count). The topological polar surface area (TPSA) is 137 Å². The quantitative estimate of drug-likeness (QED) is 0.141. The molecule has 6 N–H and O–H groups in total. The van der Waals surface area contributed by atoms with Crippen molar-refractivity contribution in [3.63, 3.8) is 0 Å². The molecule has 2 atom stereocenters. The van der Waals surface area contributed by atoms with Crippen molar-refractivity contribution in [2.45, 2.75) is 63.8 Å². The van der Waals surface area contributed by atoms with E-state index < -0.39 is 11.4 Å². The van der Waals surface area contributed by atoms with E-state index in [1.165, 1.54) is 0 Å². The van der Waals surface area contributed by atoms with E-state index in [-0.39, 0.29) is 65.8 Å². The van der Waals surface area contributed by atoms with E-state index in [0.29, 0.717) is 12.8 Å². The number of hydrogen-bond donors (Lipinski definition) is 6. The predicted molar refractivity (Wildman–Crippen MR) is 111 cm³/mol. The molecule has 0 aliphatic rings. The smallest absolute Gasteiger partial charge is 0.147 e. The third kappa shape index (κ3) is 8.72. The highest BCUT2D eigenvalue weighted by atomic mass is 16.6. The molecule has 0 aromatic heterocycles.